The summed E-state index contributed by atoms with van der Waals surface area (Å²) in [6.45, 7) is 0. The van der Waals surface area contributed by atoms with Gasteiger partial charge in [-0.15, -0.1) is 0 Å². The molecule has 2 rings (SSSR count). The second kappa shape index (κ2) is 7.81. The summed E-state index contributed by atoms with van der Waals surface area (Å²) in [6.07, 6.45) is -2.34. The number of hydrogen-bond donors (Lipinski definition) is 2. The lowest BCUT2D eigenvalue weighted by Crippen LogP contribution is -2.38. The fourth-order valence-electron chi connectivity index (χ4n) is 1.98. The lowest BCUT2D eigenvalue weighted by Gasteiger charge is -2.24. The molecule has 0 aromatic heterocycles. The van der Waals surface area contributed by atoms with Gasteiger partial charge in [0.1, 0.15) is 11.3 Å². The molecule has 0 spiro atoms. The minimum Gasteiger partial charge on any atom is -0.506 e. The van der Waals surface area contributed by atoms with Gasteiger partial charge in [-0.3, -0.25) is 0 Å². The molecular weight excluding hydrogens is 564 g/mol. The van der Waals surface area contributed by atoms with Crippen LogP contribution >= 0.6 is 45.2 Å². The first-order valence-electron chi connectivity index (χ1n) is 6.69. The van der Waals surface area contributed by atoms with E-state index in [1.54, 1.807) is 34.7 Å². The normalized spacial score (nSPS) is 12.5. The number of halogens is 4. The largest absolute Gasteiger partial charge is 0.506 e. The first kappa shape index (κ1) is 19.8. The van der Waals surface area contributed by atoms with Gasteiger partial charge in [-0.1, -0.05) is 30.3 Å². The van der Waals surface area contributed by atoms with E-state index in [4.69, 9.17) is 9.84 Å². The maximum atomic E-state index is 14.1. The molecule has 2 N–H and O–H groups in total. The predicted molar refractivity (Wildman–Crippen MR) is 101 cm³/mol. The first-order valence-corrected chi connectivity index (χ1v) is 8.85. The molecular formula is C16H10F2I2O5. The van der Waals surface area contributed by atoms with E-state index in [-0.39, 0.29) is 11.1 Å². The van der Waals surface area contributed by atoms with Crippen molar-refractivity contribution in [2.45, 2.75) is 12.0 Å². The highest BCUT2D eigenvalue weighted by atomic mass is 127. The molecule has 0 bridgehead atoms. The molecule has 0 aliphatic heterocycles. The average molecular weight is 574 g/mol. The fourth-order valence-corrected chi connectivity index (χ4v) is 3.83. The fraction of sp³-hybridized carbons (Fsp3) is 0.125. The van der Waals surface area contributed by atoms with Crippen molar-refractivity contribution in [3.8, 4) is 5.75 Å². The lowest BCUT2D eigenvalue weighted by atomic mass is 10.0. The number of phenolic OH excluding ortho intramolecular Hbond substituents is 1. The molecule has 1 atom stereocenters. The zero-order valence-corrected chi connectivity index (χ0v) is 16.6. The van der Waals surface area contributed by atoms with E-state index in [2.05, 4.69) is 0 Å². The summed E-state index contributed by atoms with van der Waals surface area (Å²) >= 11 is 3.66. The van der Waals surface area contributed by atoms with Crippen LogP contribution in [0.4, 0.5) is 8.78 Å². The van der Waals surface area contributed by atoms with Crippen LogP contribution in [0.5, 0.6) is 5.75 Å². The number of benzene rings is 2. The number of hydrogen-bond acceptors (Lipinski definition) is 4. The Morgan fingerprint density at radius 2 is 1.72 bits per heavy atom. The summed E-state index contributed by atoms with van der Waals surface area (Å²) in [4.78, 5) is 23.2. The van der Waals surface area contributed by atoms with E-state index in [9.17, 15) is 23.5 Å². The predicted octanol–water partition coefficient (Wildman–Crippen LogP) is 4.22. The van der Waals surface area contributed by atoms with Crippen molar-refractivity contribution in [1.29, 1.82) is 0 Å². The molecule has 1 unspecified atom stereocenters. The number of rotatable bonds is 5. The third kappa shape index (κ3) is 4.37. The maximum absolute atomic E-state index is 14.1. The Balaban J connectivity index is 2.44. The zero-order valence-electron chi connectivity index (χ0n) is 12.2. The average Bonchev–Trinajstić information content (AvgIpc) is 2.56. The van der Waals surface area contributed by atoms with Crippen molar-refractivity contribution in [1.82, 2.24) is 0 Å². The van der Waals surface area contributed by atoms with Crippen LogP contribution in [-0.2, 0) is 9.53 Å². The third-order valence-electron chi connectivity index (χ3n) is 3.19. The van der Waals surface area contributed by atoms with E-state index in [1.165, 1.54) is 30.3 Å². The van der Waals surface area contributed by atoms with E-state index in [0.717, 1.165) is 0 Å². The number of carboxylic acid groups (broad SMARTS) is 1. The van der Waals surface area contributed by atoms with Gasteiger partial charge in [0.25, 0.3) is 0 Å². The topological polar surface area (TPSA) is 83.8 Å². The van der Waals surface area contributed by atoms with Crippen molar-refractivity contribution in [2.24, 2.45) is 0 Å². The number of alkyl halides is 2. The molecule has 0 aliphatic rings. The first-order chi connectivity index (χ1) is 11.6. The van der Waals surface area contributed by atoms with Gasteiger partial charge in [0.2, 0.25) is 6.10 Å². The summed E-state index contributed by atoms with van der Waals surface area (Å²) in [5, 5.41) is 18.8. The number of carboxylic acids is 1. The quantitative estimate of drug-likeness (QED) is 0.413. The Morgan fingerprint density at radius 3 is 2.28 bits per heavy atom. The van der Waals surface area contributed by atoms with Gasteiger partial charge in [0.05, 0.1) is 3.57 Å². The molecule has 0 amide bonds. The van der Waals surface area contributed by atoms with Crippen LogP contribution in [0.25, 0.3) is 0 Å². The molecule has 5 nitrogen and oxygen atoms in total. The highest BCUT2D eigenvalue weighted by molar-refractivity contribution is 14.1. The number of aromatic hydroxyl groups is 1. The standard InChI is InChI=1S/C16H10F2I2O5/c17-16(18,15(23)24)13(8-4-2-1-3-5-8)25-14(22)10-6-9(19)7-11(20)12(10)21/h1-7,13,21H,(H,23,24). The third-order valence-corrected chi connectivity index (χ3v) is 4.63. The molecule has 9 heteroatoms. The molecule has 0 saturated heterocycles. The molecule has 0 saturated carbocycles. The second-order valence-corrected chi connectivity index (χ2v) is 7.32. The van der Waals surface area contributed by atoms with Crippen molar-refractivity contribution in [3.63, 3.8) is 0 Å². The van der Waals surface area contributed by atoms with Crippen molar-refractivity contribution in [3.05, 3.63) is 60.7 Å². The monoisotopic (exact) mass is 574 g/mol. The van der Waals surface area contributed by atoms with E-state index >= 15 is 0 Å². The Labute approximate surface area is 168 Å². The number of ether oxygens (including phenoxy) is 1. The second-order valence-electron chi connectivity index (χ2n) is 4.91. The Bertz CT molecular complexity index is 812. The maximum Gasteiger partial charge on any atom is 0.382 e. The Kier molecular flexibility index (Phi) is 6.19. The molecule has 25 heavy (non-hydrogen) atoms. The summed E-state index contributed by atoms with van der Waals surface area (Å²) in [7, 11) is 0. The smallest absolute Gasteiger partial charge is 0.382 e. The SMILES string of the molecule is O=C(OC(c1ccccc1)C(F)(F)C(=O)O)c1cc(I)cc(I)c1O. The molecule has 2 aromatic carbocycles. The van der Waals surface area contributed by atoms with E-state index in [1.807, 2.05) is 22.6 Å². The zero-order chi connectivity index (χ0) is 18.8. The number of carbonyl (C=O) groups is 2. The van der Waals surface area contributed by atoms with Crippen LogP contribution in [0.1, 0.15) is 22.0 Å². The molecule has 0 radical (unpaired) electrons. The van der Waals surface area contributed by atoms with Crippen LogP contribution in [0, 0.1) is 7.14 Å². The van der Waals surface area contributed by atoms with Gasteiger partial charge in [-0.25, -0.2) is 9.59 Å². The minimum atomic E-state index is -4.35. The van der Waals surface area contributed by atoms with Gasteiger partial charge in [-0.05, 0) is 62.9 Å². The Morgan fingerprint density at radius 1 is 1.12 bits per heavy atom. The minimum absolute atomic E-state index is 0.178. The van der Waals surface area contributed by atoms with Crippen LogP contribution in [0.3, 0.4) is 0 Å². The van der Waals surface area contributed by atoms with E-state index < -0.39 is 29.7 Å². The lowest BCUT2D eigenvalue weighted by molar-refractivity contribution is -0.183. The molecule has 132 valence electrons. The van der Waals surface area contributed by atoms with Crippen LogP contribution in [-0.4, -0.2) is 28.1 Å². The summed E-state index contributed by atoms with van der Waals surface area (Å²) in [5.74, 6) is -8.43. The van der Waals surface area contributed by atoms with Gasteiger partial charge in [-0.2, -0.15) is 8.78 Å². The van der Waals surface area contributed by atoms with Gasteiger partial charge < -0.3 is 14.9 Å². The van der Waals surface area contributed by atoms with Crippen LogP contribution in [0.2, 0.25) is 0 Å². The van der Waals surface area contributed by atoms with Crippen molar-refractivity contribution in [2.75, 3.05) is 0 Å². The van der Waals surface area contributed by atoms with Gasteiger partial charge >= 0.3 is 17.9 Å². The van der Waals surface area contributed by atoms with Crippen LogP contribution < -0.4 is 0 Å². The highest BCUT2D eigenvalue weighted by Crippen LogP contribution is 2.37. The summed E-state index contributed by atoms with van der Waals surface area (Å²) in [5.41, 5.74) is -0.499. The number of esters is 1. The molecule has 0 heterocycles. The van der Waals surface area contributed by atoms with Crippen molar-refractivity contribution < 1.29 is 33.3 Å². The van der Waals surface area contributed by atoms with Crippen LogP contribution in [0.15, 0.2) is 42.5 Å². The number of phenols is 1. The molecule has 0 fully saturated rings. The number of carbonyl (C=O) groups excluding carboxylic acids is 1. The molecule has 2 aromatic rings. The number of aliphatic carboxylic acids is 1. The summed E-state index contributed by atoms with van der Waals surface area (Å²) < 4.78 is 33.9. The summed E-state index contributed by atoms with van der Waals surface area (Å²) in [6, 6.07) is 9.68. The van der Waals surface area contributed by atoms with Crippen molar-refractivity contribution >= 4 is 57.1 Å². The van der Waals surface area contributed by atoms with Gasteiger partial charge in [0, 0.05) is 3.57 Å². The van der Waals surface area contributed by atoms with Gasteiger partial charge in [0.15, 0.2) is 0 Å². The van der Waals surface area contributed by atoms with E-state index in [0.29, 0.717) is 7.14 Å². The molecule has 0 aliphatic carbocycles. The Hall–Kier alpha value is -1.50. The highest BCUT2D eigenvalue weighted by Gasteiger charge is 2.51.